The van der Waals surface area contributed by atoms with Gasteiger partial charge in [0.1, 0.15) is 5.75 Å². The highest BCUT2D eigenvalue weighted by molar-refractivity contribution is 8.00. The molecule has 3 nitrogen and oxygen atoms in total. The molecule has 1 atom stereocenters. The summed E-state index contributed by atoms with van der Waals surface area (Å²) in [6.45, 7) is 1.98. The van der Waals surface area contributed by atoms with Crippen LogP contribution in [0.25, 0.3) is 0 Å². The van der Waals surface area contributed by atoms with Crippen LogP contribution in [0.5, 0.6) is 11.5 Å². The van der Waals surface area contributed by atoms with Crippen LogP contribution < -0.4 is 10.1 Å². The summed E-state index contributed by atoms with van der Waals surface area (Å²) in [5, 5.41) is 3.89. The van der Waals surface area contributed by atoms with E-state index < -0.39 is 0 Å². The van der Waals surface area contributed by atoms with E-state index in [1.807, 2.05) is 61.5 Å². The monoisotopic (exact) mass is 431 g/mol. The third-order valence-electron chi connectivity index (χ3n) is 3.93. The summed E-state index contributed by atoms with van der Waals surface area (Å²) in [6, 6.07) is 22.0. The fourth-order valence-electron chi connectivity index (χ4n) is 2.52. The van der Waals surface area contributed by atoms with Crippen LogP contribution in [0.15, 0.2) is 77.7 Å². The number of carbonyl (C=O) groups excluding carboxylic acids is 1. The minimum absolute atomic E-state index is 0.109. The molecule has 0 bridgehead atoms. The zero-order chi connectivity index (χ0) is 19.9. The van der Waals surface area contributed by atoms with Crippen molar-refractivity contribution >= 4 is 46.6 Å². The lowest BCUT2D eigenvalue weighted by atomic mass is 10.2. The predicted molar refractivity (Wildman–Crippen MR) is 118 cm³/mol. The molecule has 0 aromatic heterocycles. The highest BCUT2D eigenvalue weighted by Gasteiger charge is 2.20. The summed E-state index contributed by atoms with van der Waals surface area (Å²) >= 11 is 13.6. The maximum atomic E-state index is 12.9. The van der Waals surface area contributed by atoms with E-state index in [-0.39, 0.29) is 11.2 Å². The molecule has 0 aliphatic heterocycles. The highest BCUT2D eigenvalue weighted by atomic mass is 35.5. The Balaban J connectivity index is 1.76. The number of carbonyl (C=O) groups is 1. The van der Waals surface area contributed by atoms with Crippen molar-refractivity contribution in [2.24, 2.45) is 0 Å². The van der Waals surface area contributed by atoms with E-state index >= 15 is 0 Å². The van der Waals surface area contributed by atoms with Crippen LogP contribution in [0.2, 0.25) is 10.0 Å². The second-order valence-electron chi connectivity index (χ2n) is 6.01. The summed E-state index contributed by atoms with van der Waals surface area (Å²) < 4.78 is 5.92. The lowest BCUT2D eigenvalue weighted by molar-refractivity contribution is -0.115. The molecule has 0 aliphatic carbocycles. The molecule has 0 saturated heterocycles. The fraction of sp³-hybridized carbons (Fsp3) is 0.136. The standard InChI is InChI=1S/C22H19Cl2NO2S/c1-2-21(28-18-11-8-15(23)9-12-18)22(26)25-19-14-16(24)10-13-20(19)27-17-6-4-3-5-7-17/h3-14,21H,2H2,1H3,(H,25,26)/t21-/m0/s1. The molecule has 0 heterocycles. The topological polar surface area (TPSA) is 38.3 Å². The van der Waals surface area contributed by atoms with E-state index in [0.717, 1.165) is 4.90 Å². The number of halogens is 2. The minimum Gasteiger partial charge on any atom is -0.455 e. The van der Waals surface area contributed by atoms with Crippen LogP contribution >= 0.6 is 35.0 Å². The van der Waals surface area contributed by atoms with Crippen molar-refractivity contribution in [3.8, 4) is 11.5 Å². The van der Waals surface area contributed by atoms with E-state index in [1.54, 1.807) is 18.2 Å². The summed E-state index contributed by atoms with van der Waals surface area (Å²) in [6.07, 6.45) is 0.675. The maximum absolute atomic E-state index is 12.9. The zero-order valence-electron chi connectivity index (χ0n) is 15.2. The van der Waals surface area contributed by atoms with E-state index in [4.69, 9.17) is 27.9 Å². The Bertz CT molecular complexity index is 933. The number of anilines is 1. The van der Waals surface area contributed by atoms with Gasteiger partial charge in [0.15, 0.2) is 5.75 Å². The van der Waals surface area contributed by atoms with Crippen molar-refractivity contribution in [2.75, 3.05) is 5.32 Å². The molecule has 144 valence electrons. The first-order chi connectivity index (χ1) is 13.5. The number of rotatable bonds is 7. The van der Waals surface area contributed by atoms with E-state index in [9.17, 15) is 4.79 Å². The molecule has 0 unspecified atom stereocenters. The Morgan fingerprint density at radius 3 is 2.36 bits per heavy atom. The maximum Gasteiger partial charge on any atom is 0.237 e. The van der Waals surface area contributed by atoms with Crippen molar-refractivity contribution in [1.29, 1.82) is 0 Å². The van der Waals surface area contributed by atoms with Crippen LogP contribution in [-0.2, 0) is 4.79 Å². The molecule has 0 radical (unpaired) electrons. The van der Waals surface area contributed by atoms with Crippen molar-refractivity contribution in [1.82, 2.24) is 0 Å². The van der Waals surface area contributed by atoms with Crippen molar-refractivity contribution in [2.45, 2.75) is 23.5 Å². The first-order valence-corrected chi connectivity index (χ1v) is 10.4. The summed E-state index contributed by atoms with van der Waals surface area (Å²) in [4.78, 5) is 13.9. The van der Waals surface area contributed by atoms with Crippen molar-refractivity contribution in [3.63, 3.8) is 0 Å². The second-order valence-corrected chi connectivity index (χ2v) is 8.16. The lowest BCUT2D eigenvalue weighted by Gasteiger charge is -2.17. The molecular formula is C22H19Cl2NO2S. The van der Waals surface area contributed by atoms with Gasteiger partial charge in [-0.25, -0.2) is 0 Å². The Morgan fingerprint density at radius 1 is 1.00 bits per heavy atom. The molecule has 1 N–H and O–H groups in total. The molecule has 0 saturated carbocycles. The van der Waals surface area contributed by atoms with Gasteiger partial charge in [-0.2, -0.15) is 0 Å². The Labute approximate surface area is 179 Å². The van der Waals surface area contributed by atoms with Crippen LogP contribution in [0.4, 0.5) is 5.69 Å². The second kappa shape index (κ2) is 9.87. The number of hydrogen-bond acceptors (Lipinski definition) is 3. The molecule has 28 heavy (non-hydrogen) atoms. The van der Waals surface area contributed by atoms with Gasteiger partial charge < -0.3 is 10.1 Å². The van der Waals surface area contributed by atoms with Crippen LogP contribution in [0.1, 0.15) is 13.3 Å². The van der Waals surface area contributed by atoms with Crippen molar-refractivity contribution < 1.29 is 9.53 Å². The third-order valence-corrected chi connectivity index (χ3v) is 5.79. The van der Waals surface area contributed by atoms with Crippen LogP contribution in [-0.4, -0.2) is 11.2 Å². The van der Waals surface area contributed by atoms with Gasteiger partial charge >= 0.3 is 0 Å². The SMILES string of the molecule is CC[C@H](Sc1ccc(Cl)cc1)C(=O)Nc1cc(Cl)ccc1Oc1ccccc1. The number of para-hydroxylation sites is 1. The van der Waals surface area contributed by atoms with Gasteiger partial charge in [0.05, 0.1) is 10.9 Å². The van der Waals surface area contributed by atoms with Gasteiger partial charge in [-0.05, 0) is 61.0 Å². The number of thioether (sulfide) groups is 1. The van der Waals surface area contributed by atoms with Gasteiger partial charge in [0.2, 0.25) is 5.91 Å². The molecule has 3 aromatic rings. The molecule has 1 amide bonds. The van der Waals surface area contributed by atoms with E-state index in [0.29, 0.717) is 33.7 Å². The molecule has 0 spiro atoms. The van der Waals surface area contributed by atoms with Crippen LogP contribution in [0.3, 0.4) is 0 Å². The molecule has 6 heteroatoms. The fourth-order valence-corrected chi connectivity index (χ4v) is 3.77. The van der Waals surface area contributed by atoms with Gasteiger partial charge in [0, 0.05) is 14.9 Å². The first kappa shape index (κ1) is 20.6. The molecule has 0 aliphatic rings. The minimum atomic E-state index is -0.260. The third kappa shape index (κ3) is 5.68. The zero-order valence-corrected chi connectivity index (χ0v) is 17.5. The van der Waals surface area contributed by atoms with Gasteiger partial charge in [-0.15, -0.1) is 11.8 Å². The lowest BCUT2D eigenvalue weighted by Crippen LogP contribution is -2.24. The normalized spacial score (nSPS) is 11.7. The van der Waals surface area contributed by atoms with Gasteiger partial charge in [-0.3, -0.25) is 4.79 Å². The molecule has 3 rings (SSSR count). The Kier molecular flexibility index (Phi) is 7.26. The van der Waals surface area contributed by atoms with Gasteiger partial charge in [0.25, 0.3) is 0 Å². The summed E-state index contributed by atoms with van der Waals surface area (Å²) in [5.74, 6) is 1.11. The predicted octanol–water partition coefficient (Wildman–Crippen LogP) is 7.30. The van der Waals surface area contributed by atoms with Crippen molar-refractivity contribution in [3.05, 3.63) is 82.8 Å². The Morgan fingerprint density at radius 2 is 1.68 bits per heavy atom. The highest BCUT2D eigenvalue weighted by Crippen LogP contribution is 2.33. The average Bonchev–Trinajstić information content (AvgIpc) is 2.70. The number of benzene rings is 3. The van der Waals surface area contributed by atoms with Crippen LogP contribution in [0, 0.1) is 0 Å². The van der Waals surface area contributed by atoms with Gasteiger partial charge in [-0.1, -0.05) is 48.3 Å². The number of ether oxygens (including phenoxy) is 1. The first-order valence-electron chi connectivity index (χ1n) is 8.80. The molecule has 3 aromatic carbocycles. The van der Waals surface area contributed by atoms with E-state index in [1.165, 1.54) is 11.8 Å². The quantitative estimate of drug-likeness (QED) is 0.398. The number of hydrogen-bond donors (Lipinski definition) is 1. The Hall–Kier alpha value is -2.14. The summed E-state index contributed by atoms with van der Waals surface area (Å²) in [7, 11) is 0. The smallest absolute Gasteiger partial charge is 0.237 e. The molecule has 0 fully saturated rings. The molecular weight excluding hydrogens is 413 g/mol. The largest absolute Gasteiger partial charge is 0.455 e. The van der Waals surface area contributed by atoms with E-state index in [2.05, 4.69) is 5.32 Å². The number of nitrogens with one attached hydrogen (secondary N) is 1. The average molecular weight is 432 g/mol. The summed E-state index contributed by atoms with van der Waals surface area (Å²) in [5.41, 5.74) is 0.538. The number of amides is 1.